The molecule has 0 atom stereocenters. The van der Waals surface area contributed by atoms with Crippen LogP contribution >= 0.6 is 0 Å². The van der Waals surface area contributed by atoms with Crippen molar-refractivity contribution < 1.29 is 14.3 Å². The molecule has 0 aliphatic heterocycles. The maximum atomic E-state index is 10.8. The van der Waals surface area contributed by atoms with Gasteiger partial charge in [0.2, 0.25) is 0 Å². The van der Waals surface area contributed by atoms with E-state index in [0.29, 0.717) is 12.8 Å². The maximum absolute atomic E-state index is 10.8. The summed E-state index contributed by atoms with van der Waals surface area (Å²) in [6.45, 7) is 1.77. The summed E-state index contributed by atoms with van der Waals surface area (Å²) in [5, 5.41) is 0. The Morgan fingerprint density at radius 1 is 1.36 bits per heavy atom. The Balaban J connectivity index is 3.30. The Hall–Kier alpha value is -0.900. The molecule has 0 bridgehead atoms. The number of ether oxygens (including phenoxy) is 1. The average molecular weight is 201 g/mol. The molecule has 0 spiro atoms. The minimum Gasteiger partial charge on any atom is -0.469 e. The molecule has 0 amide bonds. The number of nitrogens with zero attached hydrogens (tertiary/aromatic N) is 1. The van der Waals surface area contributed by atoms with Gasteiger partial charge in [0, 0.05) is 12.8 Å². The maximum Gasteiger partial charge on any atom is 0.305 e. The van der Waals surface area contributed by atoms with Gasteiger partial charge in [-0.3, -0.25) is 4.79 Å². The zero-order chi connectivity index (χ0) is 10.8. The molecule has 0 aliphatic carbocycles. The minimum atomic E-state index is -0.161. The Bertz CT molecular complexity index is 171. The van der Waals surface area contributed by atoms with E-state index in [2.05, 4.69) is 9.64 Å². The van der Waals surface area contributed by atoms with Gasteiger partial charge < -0.3 is 14.4 Å². The summed E-state index contributed by atoms with van der Waals surface area (Å²) in [6.07, 6.45) is 3.71. The highest BCUT2D eigenvalue weighted by molar-refractivity contribution is 5.69. The second-order valence-electron chi connectivity index (χ2n) is 3.29. The molecule has 0 aromatic rings. The zero-order valence-corrected chi connectivity index (χ0v) is 8.99. The molecule has 0 fully saturated rings. The first kappa shape index (κ1) is 13.1. The van der Waals surface area contributed by atoms with Gasteiger partial charge in [0.05, 0.1) is 7.11 Å². The van der Waals surface area contributed by atoms with Crippen molar-refractivity contribution in [2.75, 3.05) is 27.2 Å². The van der Waals surface area contributed by atoms with Crippen LogP contribution in [0.15, 0.2) is 0 Å². The molecule has 0 aliphatic rings. The summed E-state index contributed by atoms with van der Waals surface area (Å²) >= 11 is 0. The number of carbonyl (C=O) groups is 2. The summed E-state index contributed by atoms with van der Waals surface area (Å²) in [6, 6.07) is 0. The van der Waals surface area contributed by atoms with Crippen LogP contribution in [0.1, 0.15) is 25.7 Å². The molecule has 0 radical (unpaired) electrons. The average Bonchev–Trinajstić information content (AvgIpc) is 2.18. The molecule has 14 heavy (non-hydrogen) atoms. The Morgan fingerprint density at radius 3 is 2.57 bits per heavy atom. The van der Waals surface area contributed by atoms with Crippen LogP contribution in [-0.4, -0.2) is 44.4 Å². The van der Waals surface area contributed by atoms with Crippen LogP contribution in [0.5, 0.6) is 0 Å². The van der Waals surface area contributed by atoms with Crippen LogP contribution in [0.2, 0.25) is 0 Å². The highest BCUT2D eigenvalue weighted by Gasteiger charge is 2.02. The predicted molar refractivity (Wildman–Crippen MR) is 54.0 cm³/mol. The van der Waals surface area contributed by atoms with Crippen molar-refractivity contribution in [3.8, 4) is 0 Å². The largest absolute Gasteiger partial charge is 0.469 e. The van der Waals surface area contributed by atoms with Crippen molar-refractivity contribution in [1.29, 1.82) is 0 Å². The second-order valence-corrected chi connectivity index (χ2v) is 3.29. The van der Waals surface area contributed by atoms with Crippen molar-refractivity contribution in [3.05, 3.63) is 0 Å². The van der Waals surface area contributed by atoms with Crippen molar-refractivity contribution >= 4 is 12.3 Å². The van der Waals surface area contributed by atoms with Gasteiger partial charge >= 0.3 is 5.97 Å². The molecule has 0 heterocycles. The molecule has 0 N–H and O–H groups in total. The van der Waals surface area contributed by atoms with Gasteiger partial charge in [0.1, 0.15) is 6.29 Å². The normalized spacial score (nSPS) is 10.2. The van der Waals surface area contributed by atoms with Crippen LogP contribution in [0.25, 0.3) is 0 Å². The lowest BCUT2D eigenvalue weighted by Crippen LogP contribution is -2.21. The van der Waals surface area contributed by atoms with E-state index in [4.69, 9.17) is 0 Å². The fourth-order valence-corrected chi connectivity index (χ4v) is 1.15. The minimum absolute atomic E-state index is 0.161. The smallest absolute Gasteiger partial charge is 0.305 e. The van der Waals surface area contributed by atoms with Gasteiger partial charge in [-0.1, -0.05) is 0 Å². The Kier molecular flexibility index (Phi) is 8.13. The van der Waals surface area contributed by atoms with Crippen LogP contribution in [0.4, 0.5) is 0 Å². The fraction of sp³-hybridized carbons (Fsp3) is 0.800. The molecule has 0 aromatic carbocycles. The van der Waals surface area contributed by atoms with E-state index in [-0.39, 0.29) is 5.97 Å². The number of esters is 1. The van der Waals surface area contributed by atoms with E-state index < -0.39 is 0 Å². The van der Waals surface area contributed by atoms with Crippen molar-refractivity contribution in [3.63, 3.8) is 0 Å². The first-order valence-electron chi connectivity index (χ1n) is 4.89. The van der Waals surface area contributed by atoms with Gasteiger partial charge in [0.25, 0.3) is 0 Å². The Morgan fingerprint density at radius 2 is 2.00 bits per heavy atom. The lowest BCUT2D eigenvalue weighted by Gasteiger charge is -2.14. The van der Waals surface area contributed by atoms with E-state index in [1.54, 1.807) is 0 Å². The standard InChI is InChI=1S/C10H19NO3/c1-11(7-3-4-9-12)8-5-6-10(13)14-2/h9H,3-8H2,1-2H3. The Labute approximate surface area is 85.2 Å². The molecular formula is C10H19NO3. The van der Waals surface area contributed by atoms with E-state index >= 15 is 0 Å². The fourth-order valence-electron chi connectivity index (χ4n) is 1.15. The molecule has 0 aromatic heterocycles. The number of unbranched alkanes of at least 4 members (excludes halogenated alkanes) is 1. The molecule has 4 heteroatoms. The predicted octanol–water partition coefficient (Wildman–Crippen LogP) is 0.850. The topological polar surface area (TPSA) is 46.6 Å². The first-order valence-corrected chi connectivity index (χ1v) is 4.89. The SMILES string of the molecule is COC(=O)CCCN(C)CCCC=O. The molecule has 0 saturated heterocycles. The number of hydrogen-bond acceptors (Lipinski definition) is 4. The lowest BCUT2D eigenvalue weighted by atomic mass is 10.2. The number of aldehydes is 1. The van der Waals surface area contributed by atoms with Gasteiger partial charge in [-0.05, 0) is 33.0 Å². The second kappa shape index (κ2) is 8.69. The number of hydrogen-bond donors (Lipinski definition) is 0. The molecule has 0 rings (SSSR count). The van der Waals surface area contributed by atoms with E-state index in [0.717, 1.165) is 32.2 Å². The van der Waals surface area contributed by atoms with Crippen molar-refractivity contribution in [1.82, 2.24) is 4.90 Å². The molecular weight excluding hydrogens is 182 g/mol. The van der Waals surface area contributed by atoms with Crippen LogP contribution in [0, 0.1) is 0 Å². The third-order valence-electron chi connectivity index (χ3n) is 2.01. The van der Waals surface area contributed by atoms with Crippen molar-refractivity contribution in [2.45, 2.75) is 25.7 Å². The van der Waals surface area contributed by atoms with E-state index in [1.165, 1.54) is 7.11 Å². The highest BCUT2D eigenvalue weighted by atomic mass is 16.5. The quantitative estimate of drug-likeness (QED) is 0.332. The highest BCUT2D eigenvalue weighted by Crippen LogP contribution is 1.96. The molecule has 0 unspecified atom stereocenters. The summed E-state index contributed by atoms with van der Waals surface area (Å²) in [7, 11) is 3.39. The monoisotopic (exact) mass is 201 g/mol. The lowest BCUT2D eigenvalue weighted by molar-refractivity contribution is -0.140. The first-order chi connectivity index (χ1) is 6.70. The third-order valence-corrected chi connectivity index (χ3v) is 2.01. The van der Waals surface area contributed by atoms with Gasteiger partial charge in [-0.2, -0.15) is 0 Å². The van der Waals surface area contributed by atoms with Gasteiger partial charge in [0.15, 0.2) is 0 Å². The van der Waals surface area contributed by atoms with Crippen molar-refractivity contribution in [2.24, 2.45) is 0 Å². The summed E-state index contributed by atoms with van der Waals surface area (Å²) < 4.78 is 4.53. The zero-order valence-electron chi connectivity index (χ0n) is 8.99. The molecule has 0 saturated carbocycles. The van der Waals surface area contributed by atoms with Crippen LogP contribution < -0.4 is 0 Å². The van der Waals surface area contributed by atoms with Crippen LogP contribution in [0.3, 0.4) is 0 Å². The number of rotatable bonds is 8. The summed E-state index contributed by atoms with van der Waals surface area (Å²) in [4.78, 5) is 22.9. The van der Waals surface area contributed by atoms with Gasteiger partial charge in [-0.25, -0.2) is 0 Å². The summed E-state index contributed by atoms with van der Waals surface area (Å²) in [5.74, 6) is -0.161. The van der Waals surface area contributed by atoms with E-state index in [1.807, 2.05) is 7.05 Å². The number of methoxy groups -OCH3 is 1. The summed E-state index contributed by atoms with van der Waals surface area (Å²) in [5.41, 5.74) is 0. The third kappa shape index (κ3) is 7.73. The number of carbonyl (C=O) groups excluding carboxylic acids is 2. The van der Waals surface area contributed by atoms with Gasteiger partial charge in [-0.15, -0.1) is 0 Å². The van der Waals surface area contributed by atoms with Crippen LogP contribution in [-0.2, 0) is 14.3 Å². The molecule has 4 nitrogen and oxygen atoms in total. The molecule has 82 valence electrons. The van der Waals surface area contributed by atoms with E-state index in [9.17, 15) is 9.59 Å².